The van der Waals surface area contributed by atoms with E-state index >= 15 is 0 Å². The van der Waals surface area contributed by atoms with Gasteiger partial charge in [0, 0.05) is 29.6 Å². The second kappa shape index (κ2) is 7.59. The molecule has 3 aromatic rings. The number of carboxylic acid groups (broad SMARTS) is 1. The summed E-state index contributed by atoms with van der Waals surface area (Å²) in [6, 6.07) is 9.17. The minimum absolute atomic E-state index is 0.0685. The van der Waals surface area contributed by atoms with Crippen LogP contribution in [0.2, 0.25) is 0 Å². The first-order valence-corrected chi connectivity index (χ1v) is 10.1. The third kappa shape index (κ3) is 3.33. The van der Waals surface area contributed by atoms with Gasteiger partial charge in [0.25, 0.3) is 5.91 Å². The number of benzene rings is 1. The molecule has 8 nitrogen and oxygen atoms in total. The Morgan fingerprint density at radius 3 is 2.96 bits per heavy atom. The van der Waals surface area contributed by atoms with Gasteiger partial charge in [0.1, 0.15) is 0 Å². The zero-order valence-corrected chi connectivity index (χ0v) is 16.1. The lowest BCUT2D eigenvalue weighted by molar-refractivity contribution is -0.138. The summed E-state index contributed by atoms with van der Waals surface area (Å²) in [6.45, 7) is 2.30. The van der Waals surface area contributed by atoms with Gasteiger partial charge in [0.15, 0.2) is 5.69 Å². The summed E-state index contributed by atoms with van der Waals surface area (Å²) in [5.74, 6) is 0.215. The van der Waals surface area contributed by atoms with E-state index in [9.17, 15) is 9.59 Å². The van der Waals surface area contributed by atoms with Gasteiger partial charge in [-0.1, -0.05) is 11.3 Å². The van der Waals surface area contributed by atoms with Gasteiger partial charge in [0.2, 0.25) is 0 Å². The molecule has 1 atom stereocenters. The summed E-state index contributed by atoms with van der Waals surface area (Å²) in [5, 5.41) is 18.4. The van der Waals surface area contributed by atoms with Crippen molar-refractivity contribution in [2.24, 2.45) is 0 Å². The average Bonchev–Trinajstić information content (AvgIpc) is 3.08. The molecule has 3 heterocycles. The Balaban J connectivity index is 1.70. The summed E-state index contributed by atoms with van der Waals surface area (Å²) < 4.78 is 1.64. The fraction of sp³-hybridized carbons (Fsp3) is 0.316. The van der Waals surface area contributed by atoms with E-state index < -0.39 is 5.97 Å². The molecule has 0 spiro atoms. The fourth-order valence-corrected chi connectivity index (χ4v) is 4.52. The number of carbonyl (C=O) groups excluding carboxylic acids is 1. The van der Waals surface area contributed by atoms with Crippen molar-refractivity contribution in [3.63, 3.8) is 0 Å². The molecule has 0 saturated carbocycles. The van der Waals surface area contributed by atoms with Crippen molar-refractivity contribution in [2.75, 3.05) is 18.1 Å². The van der Waals surface area contributed by atoms with E-state index in [2.05, 4.69) is 15.3 Å². The fourth-order valence-electron chi connectivity index (χ4n) is 3.46. The van der Waals surface area contributed by atoms with Gasteiger partial charge in [0.05, 0.1) is 29.4 Å². The van der Waals surface area contributed by atoms with Crippen molar-refractivity contribution < 1.29 is 14.7 Å². The van der Waals surface area contributed by atoms with E-state index in [0.29, 0.717) is 18.0 Å². The smallest absolute Gasteiger partial charge is 0.305 e. The summed E-state index contributed by atoms with van der Waals surface area (Å²) in [4.78, 5) is 30.3. The predicted molar refractivity (Wildman–Crippen MR) is 106 cm³/mol. The number of aromatic nitrogens is 4. The van der Waals surface area contributed by atoms with Crippen LogP contribution in [0.15, 0.2) is 36.5 Å². The van der Waals surface area contributed by atoms with Crippen LogP contribution < -0.4 is 0 Å². The van der Waals surface area contributed by atoms with Gasteiger partial charge in [-0.25, -0.2) is 4.68 Å². The van der Waals surface area contributed by atoms with Crippen molar-refractivity contribution in [2.45, 2.75) is 19.4 Å². The molecule has 1 aliphatic rings. The number of pyridine rings is 1. The minimum atomic E-state index is -0.908. The molecule has 0 aliphatic carbocycles. The van der Waals surface area contributed by atoms with E-state index in [-0.39, 0.29) is 24.1 Å². The largest absolute Gasteiger partial charge is 0.481 e. The van der Waals surface area contributed by atoms with Gasteiger partial charge >= 0.3 is 5.97 Å². The van der Waals surface area contributed by atoms with E-state index in [4.69, 9.17) is 5.11 Å². The van der Waals surface area contributed by atoms with Crippen LogP contribution >= 0.6 is 11.8 Å². The molecular formula is C19H19N5O3S. The Kier molecular flexibility index (Phi) is 4.99. The first-order chi connectivity index (χ1) is 13.6. The van der Waals surface area contributed by atoms with Crippen molar-refractivity contribution >= 4 is 34.5 Å². The summed E-state index contributed by atoms with van der Waals surface area (Å²) in [5.41, 5.74) is 2.50. The highest BCUT2D eigenvalue weighted by Gasteiger charge is 2.32. The highest BCUT2D eigenvalue weighted by molar-refractivity contribution is 7.99. The van der Waals surface area contributed by atoms with Gasteiger partial charge in [-0.2, -0.15) is 11.8 Å². The van der Waals surface area contributed by atoms with Crippen LogP contribution in [0.5, 0.6) is 0 Å². The van der Waals surface area contributed by atoms with Crippen LogP contribution in [0.25, 0.3) is 16.6 Å². The average molecular weight is 397 g/mol. The first kappa shape index (κ1) is 18.4. The third-order valence-electron chi connectivity index (χ3n) is 4.85. The van der Waals surface area contributed by atoms with Gasteiger partial charge in [-0.3, -0.25) is 14.6 Å². The molecular weight excluding hydrogens is 378 g/mol. The summed E-state index contributed by atoms with van der Waals surface area (Å²) >= 11 is 1.66. The zero-order chi connectivity index (χ0) is 19.7. The van der Waals surface area contributed by atoms with E-state index in [1.54, 1.807) is 34.5 Å². The number of hydrogen-bond donors (Lipinski definition) is 1. The predicted octanol–water partition coefficient (Wildman–Crippen LogP) is 2.16. The van der Waals surface area contributed by atoms with Crippen LogP contribution in [0.4, 0.5) is 0 Å². The Bertz CT molecular complexity index is 1050. The molecule has 0 bridgehead atoms. The number of amides is 1. The standard InChI is InChI=1S/C19H19N5O3S/c1-12-18(19(27)23-8-9-28-11-13(23)10-17(25)26)21-22-24(12)16-6-2-5-15-14(16)4-3-7-20-15/h2-7,13H,8-11H2,1H3,(H,25,26). The van der Waals surface area contributed by atoms with Crippen LogP contribution in [0, 0.1) is 6.92 Å². The molecule has 9 heteroatoms. The topological polar surface area (TPSA) is 101 Å². The zero-order valence-electron chi connectivity index (χ0n) is 15.3. The van der Waals surface area contributed by atoms with Crippen molar-refractivity contribution in [1.82, 2.24) is 24.9 Å². The number of rotatable bonds is 4. The lowest BCUT2D eigenvalue weighted by atomic mass is 10.1. The number of aliphatic carboxylic acids is 1. The Morgan fingerprint density at radius 2 is 2.14 bits per heavy atom. The maximum Gasteiger partial charge on any atom is 0.305 e. The monoisotopic (exact) mass is 397 g/mol. The van der Waals surface area contributed by atoms with E-state index in [0.717, 1.165) is 22.3 Å². The van der Waals surface area contributed by atoms with Crippen LogP contribution in [0.1, 0.15) is 22.6 Å². The molecule has 1 amide bonds. The van der Waals surface area contributed by atoms with Crippen molar-refractivity contribution in [3.05, 3.63) is 47.9 Å². The van der Waals surface area contributed by atoms with Crippen LogP contribution in [-0.4, -0.2) is 66.0 Å². The highest BCUT2D eigenvalue weighted by atomic mass is 32.2. The summed E-state index contributed by atoms with van der Waals surface area (Å²) in [6.07, 6.45) is 1.66. The van der Waals surface area contributed by atoms with E-state index in [1.165, 1.54) is 0 Å². The lowest BCUT2D eigenvalue weighted by Crippen LogP contribution is -2.47. The minimum Gasteiger partial charge on any atom is -0.481 e. The van der Waals surface area contributed by atoms with Gasteiger partial charge in [-0.05, 0) is 31.2 Å². The number of hydrogen-bond acceptors (Lipinski definition) is 6. The second-order valence-electron chi connectivity index (χ2n) is 6.61. The molecule has 1 saturated heterocycles. The maximum absolute atomic E-state index is 13.1. The van der Waals surface area contributed by atoms with Gasteiger partial charge < -0.3 is 10.0 Å². The third-order valence-corrected chi connectivity index (χ3v) is 5.94. The second-order valence-corrected chi connectivity index (χ2v) is 7.76. The normalized spacial score (nSPS) is 17.0. The molecule has 4 rings (SSSR count). The Labute approximate surface area is 165 Å². The highest BCUT2D eigenvalue weighted by Crippen LogP contribution is 2.24. The summed E-state index contributed by atoms with van der Waals surface area (Å²) in [7, 11) is 0. The molecule has 144 valence electrons. The molecule has 2 aromatic heterocycles. The molecule has 1 fully saturated rings. The molecule has 1 aromatic carbocycles. The Hall–Kier alpha value is -2.94. The number of nitrogens with zero attached hydrogens (tertiary/aromatic N) is 5. The SMILES string of the molecule is Cc1c(C(=O)N2CCSCC2CC(=O)O)nnn1-c1cccc2ncccc12. The molecule has 1 unspecified atom stereocenters. The van der Waals surface area contributed by atoms with E-state index in [1.807, 2.05) is 30.3 Å². The molecule has 1 aliphatic heterocycles. The Morgan fingerprint density at radius 1 is 1.29 bits per heavy atom. The van der Waals surface area contributed by atoms with Crippen molar-refractivity contribution in [1.29, 1.82) is 0 Å². The van der Waals surface area contributed by atoms with Crippen molar-refractivity contribution in [3.8, 4) is 5.69 Å². The molecule has 0 radical (unpaired) electrons. The molecule has 1 N–H and O–H groups in total. The quantitative estimate of drug-likeness (QED) is 0.720. The lowest BCUT2D eigenvalue weighted by Gasteiger charge is -2.34. The van der Waals surface area contributed by atoms with Crippen LogP contribution in [0.3, 0.4) is 0 Å². The van der Waals surface area contributed by atoms with Gasteiger partial charge in [-0.15, -0.1) is 5.10 Å². The number of fused-ring (bicyclic) bond motifs is 1. The number of carbonyl (C=O) groups is 2. The maximum atomic E-state index is 13.1. The van der Waals surface area contributed by atoms with Crippen LogP contribution in [-0.2, 0) is 4.79 Å². The first-order valence-electron chi connectivity index (χ1n) is 8.93. The number of carboxylic acids is 1. The molecule has 28 heavy (non-hydrogen) atoms. The number of thioether (sulfide) groups is 1.